The first kappa shape index (κ1) is 24.1. The minimum atomic E-state index is -5.23. The second kappa shape index (κ2) is 9.96. The lowest BCUT2D eigenvalue weighted by Crippen LogP contribution is -2.36. The number of hydrogen-bond donors (Lipinski definition) is 1. The second-order valence-corrected chi connectivity index (χ2v) is 10.5. The molecule has 0 bridgehead atoms. The van der Waals surface area contributed by atoms with Crippen LogP contribution in [0.5, 0.6) is 0 Å². The maximum atomic E-state index is 12.3. The highest BCUT2D eigenvalue weighted by atomic mass is 32.2. The lowest BCUT2D eigenvalue weighted by atomic mass is 10.2. The van der Waals surface area contributed by atoms with Crippen LogP contribution < -0.4 is 5.32 Å². The highest BCUT2D eigenvalue weighted by Crippen LogP contribution is 2.36. The molecule has 0 saturated carbocycles. The van der Waals surface area contributed by atoms with Crippen LogP contribution in [-0.4, -0.2) is 44.4 Å². The molecule has 3 aromatic heterocycles. The number of nitrogens with one attached hydrogen (secondary N) is 1. The average Bonchev–Trinajstić information content (AvgIpc) is 3.40. The lowest BCUT2D eigenvalue weighted by Gasteiger charge is -2.19. The zero-order chi connectivity index (χ0) is 23.4. The Hall–Kier alpha value is -2.51. The van der Waals surface area contributed by atoms with E-state index in [4.69, 9.17) is 0 Å². The molecule has 0 aliphatic heterocycles. The van der Waals surface area contributed by atoms with Crippen molar-refractivity contribution in [2.75, 3.05) is 11.9 Å². The van der Waals surface area contributed by atoms with Gasteiger partial charge in [0.1, 0.15) is 4.75 Å². The van der Waals surface area contributed by atoms with Crippen LogP contribution in [0.4, 0.5) is 19.1 Å². The van der Waals surface area contributed by atoms with Gasteiger partial charge in [0.2, 0.25) is 5.95 Å². The summed E-state index contributed by atoms with van der Waals surface area (Å²) in [6.45, 7) is 3.24. The van der Waals surface area contributed by atoms with E-state index in [1.165, 1.54) is 25.2 Å². The Balaban J connectivity index is 1.49. The molecule has 0 saturated heterocycles. The van der Waals surface area contributed by atoms with Crippen molar-refractivity contribution in [3.8, 4) is 10.4 Å². The summed E-state index contributed by atoms with van der Waals surface area (Å²) in [6, 6.07) is 3.95. The molecule has 0 aliphatic rings. The Morgan fingerprint density at radius 3 is 2.50 bits per heavy atom. The molecule has 3 rings (SSSR count). The number of rotatable bonds is 8. The summed E-state index contributed by atoms with van der Waals surface area (Å²) in [5.74, 6) is -3.34. The Morgan fingerprint density at radius 2 is 1.88 bits per heavy atom. The van der Waals surface area contributed by atoms with E-state index in [9.17, 15) is 22.8 Å². The minimum Gasteiger partial charge on any atom is -0.385 e. The summed E-state index contributed by atoms with van der Waals surface area (Å²) in [6.07, 6.45) is -1.21. The monoisotopic (exact) mass is 502 g/mol. The van der Waals surface area contributed by atoms with Gasteiger partial charge in [0.25, 0.3) is 0 Å². The number of thiophene rings is 1. The highest BCUT2D eigenvalue weighted by molar-refractivity contribution is 8.03. The fourth-order valence-corrected chi connectivity index (χ4v) is 5.23. The number of aromatic nitrogens is 3. The number of anilines is 1. The van der Waals surface area contributed by atoms with Crippen molar-refractivity contribution in [2.45, 2.75) is 35.5 Å². The number of thiazole rings is 1. The average molecular weight is 503 g/mol. The molecule has 32 heavy (non-hydrogen) atoms. The van der Waals surface area contributed by atoms with E-state index in [0.29, 0.717) is 23.3 Å². The van der Waals surface area contributed by atoms with Crippen LogP contribution >= 0.6 is 34.4 Å². The number of hydrogen-bond acceptors (Lipinski definition) is 10. The Bertz CT molecular complexity index is 1070. The van der Waals surface area contributed by atoms with Gasteiger partial charge in [-0.3, -0.25) is 4.79 Å². The summed E-state index contributed by atoms with van der Waals surface area (Å²) in [5.41, 5.74) is 1.67. The standard InChI is InChI=1S/C19H17F3N4O3S3/c1-18(2,14(27)29-15(28)19(20,21)22)32-17-26-12(10-31-17)5-6-23-16-24-8-11(9-25-16)13-4-3-7-30-13/h3-4,7-10H,5-6H2,1-2H3,(H,23,24,25). The first-order valence-electron chi connectivity index (χ1n) is 9.11. The summed E-state index contributed by atoms with van der Waals surface area (Å²) in [7, 11) is 0. The van der Waals surface area contributed by atoms with Crippen molar-refractivity contribution in [1.82, 2.24) is 15.0 Å². The molecule has 0 atom stereocenters. The van der Waals surface area contributed by atoms with Crippen LogP contribution in [0.1, 0.15) is 19.5 Å². The van der Waals surface area contributed by atoms with Gasteiger partial charge in [-0.1, -0.05) is 17.8 Å². The molecule has 0 fully saturated rings. The number of thioether (sulfide) groups is 1. The number of halogens is 3. The van der Waals surface area contributed by atoms with Crippen LogP contribution in [0, 0.1) is 0 Å². The zero-order valence-electron chi connectivity index (χ0n) is 16.8. The van der Waals surface area contributed by atoms with Crippen LogP contribution in [-0.2, 0) is 20.7 Å². The van der Waals surface area contributed by atoms with Crippen molar-refractivity contribution >= 4 is 52.3 Å². The van der Waals surface area contributed by atoms with E-state index in [1.54, 1.807) is 29.1 Å². The molecule has 3 aromatic rings. The molecule has 0 radical (unpaired) electrons. The zero-order valence-corrected chi connectivity index (χ0v) is 19.3. The molecule has 13 heteroatoms. The van der Waals surface area contributed by atoms with Gasteiger partial charge < -0.3 is 10.1 Å². The smallest absolute Gasteiger partial charge is 0.385 e. The SMILES string of the molecule is CC(C)(Sc1nc(CCNc2ncc(-c3cccs3)cn2)cs1)C(=O)OC(=O)C(F)(F)F. The van der Waals surface area contributed by atoms with Gasteiger partial charge in [0, 0.05) is 41.2 Å². The Labute approximate surface area is 193 Å². The summed E-state index contributed by atoms with van der Waals surface area (Å²) in [5, 5.41) is 6.86. The maximum Gasteiger partial charge on any atom is 0.491 e. The maximum absolute atomic E-state index is 12.3. The van der Waals surface area contributed by atoms with Gasteiger partial charge in [0.05, 0.1) is 5.69 Å². The first-order chi connectivity index (χ1) is 15.0. The number of carbonyl (C=O) groups excluding carboxylic acids is 2. The lowest BCUT2D eigenvalue weighted by molar-refractivity contribution is -0.202. The number of ether oxygens (including phenoxy) is 1. The van der Waals surface area contributed by atoms with E-state index < -0.39 is 22.9 Å². The van der Waals surface area contributed by atoms with E-state index in [2.05, 4.69) is 25.0 Å². The highest BCUT2D eigenvalue weighted by Gasteiger charge is 2.45. The number of esters is 2. The van der Waals surface area contributed by atoms with E-state index in [0.717, 1.165) is 27.9 Å². The fourth-order valence-electron chi connectivity index (χ4n) is 2.27. The molecule has 0 amide bonds. The van der Waals surface area contributed by atoms with Gasteiger partial charge in [-0.15, -0.1) is 22.7 Å². The van der Waals surface area contributed by atoms with Crippen molar-refractivity contribution in [2.24, 2.45) is 0 Å². The van der Waals surface area contributed by atoms with Crippen molar-refractivity contribution in [3.63, 3.8) is 0 Å². The van der Waals surface area contributed by atoms with E-state index in [-0.39, 0.29) is 0 Å². The summed E-state index contributed by atoms with van der Waals surface area (Å²) < 4.78 is 39.9. The molecule has 0 spiro atoms. The van der Waals surface area contributed by atoms with Crippen molar-refractivity contribution in [3.05, 3.63) is 41.0 Å². The predicted molar refractivity (Wildman–Crippen MR) is 117 cm³/mol. The van der Waals surface area contributed by atoms with E-state index in [1.807, 2.05) is 17.5 Å². The fraction of sp³-hybridized carbons (Fsp3) is 0.316. The third-order valence-corrected chi connectivity index (χ3v) is 6.99. The summed E-state index contributed by atoms with van der Waals surface area (Å²) >= 11 is 3.77. The van der Waals surface area contributed by atoms with Crippen molar-refractivity contribution < 1.29 is 27.5 Å². The molecular formula is C19H17F3N4O3S3. The third kappa shape index (κ3) is 6.50. The van der Waals surface area contributed by atoms with E-state index >= 15 is 0 Å². The van der Waals surface area contributed by atoms with Gasteiger partial charge in [-0.25, -0.2) is 19.7 Å². The first-order valence-corrected chi connectivity index (χ1v) is 11.7. The van der Waals surface area contributed by atoms with Gasteiger partial charge in [-0.2, -0.15) is 13.2 Å². The van der Waals surface area contributed by atoms with Gasteiger partial charge in [-0.05, 0) is 25.3 Å². The minimum absolute atomic E-state index is 0.470. The quantitative estimate of drug-likeness (QED) is 0.266. The molecule has 0 aliphatic carbocycles. The molecule has 7 nitrogen and oxygen atoms in total. The Kier molecular flexibility index (Phi) is 7.51. The molecule has 0 unspecified atom stereocenters. The van der Waals surface area contributed by atoms with Gasteiger partial charge in [0.15, 0.2) is 4.34 Å². The Morgan fingerprint density at radius 1 is 1.16 bits per heavy atom. The molecule has 3 heterocycles. The largest absolute Gasteiger partial charge is 0.491 e. The van der Waals surface area contributed by atoms with Crippen molar-refractivity contribution in [1.29, 1.82) is 0 Å². The van der Waals surface area contributed by atoms with Crippen LogP contribution in [0.2, 0.25) is 0 Å². The predicted octanol–water partition coefficient (Wildman–Crippen LogP) is 4.82. The summed E-state index contributed by atoms with van der Waals surface area (Å²) in [4.78, 5) is 36.9. The van der Waals surface area contributed by atoms with Crippen LogP contribution in [0.15, 0.2) is 39.6 Å². The normalized spacial score (nSPS) is 11.9. The van der Waals surface area contributed by atoms with Crippen LogP contribution in [0.3, 0.4) is 0 Å². The molecule has 0 aromatic carbocycles. The van der Waals surface area contributed by atoms with Crippen LogP contribution in [0.25, 0.3) is 10.4 Å². The third-order valence-electron chi connectivity index (χ3n) is 3.90. The topological polar surface area (TPSA) is 94.1 Å². The molecular weight excluding hydrogens is 485 g/mol. The number of nitrogens with zero attached hydrogens (tertiary/aromatic N) is 3. The second-order valence-electron chi connectivity index (χ2n) is 6.84. The van der Waals surface area contributed by atoms with Gasteiger partial charge >= 0.3 is 18.1 Å². The number of carbonyl (C=O) groups is 2. The molecule has 1 N–H and O–H groups in total. The molecule has 170 valence electrons. The number of alkyl halides is 3.